The Balaban J connectivity index is 2.35. The number of nitrogens with zero attached hydrogens (tertiary/aromatic N) is 1. The van der Waals surface area contributed by atoms with Gasteiger partial charge in [-0.1, -0.05) is 27.7 Å². The van der Waals surface area contributed by atoms with Crippen molar-refractivity contribution in [2.75, 3.05) is 26.2 Å². The average Bonchev–Trinajstić information content (AvgIpc) is 2.91. The summed E-state index contributed by atoms with van der Waals surface area (Å²) >= 11 is 0. The average molecular weight is 270 g/mol. The number of carboxylic acids is 1. The molecule has 1 rings (SSSR count). The van der Waals surface area contributed by atoms with Crippen LogP contribution in [0, 0.1) is 17.3 Å². The lowest BCUT2D eigenvalue weighted by molar-refractivity contribution is -0.140. The predicted octanol–water partition coefficient (Wildman–Crippen LogP) is 1.19. The molecule has 1 saturated carbocycles. The van der Waals surface area contributed by atoms with Crippen LogP contribution in [-0.2, 0) is 9.59 Å². The van der Waals surface area contributed by atoms with Gasteiger partial charge in [0.15, 0.2) is 0 Å². The molecular formula is C14H26N2O3. The van der Waals surface area contributed by atoms with Crippen LogP contribution in [0.4, 0.5) is 0 Å². The summed E-state index contributed by atoms with van der Waals surface area (Å²) in [5.74, 6) is -1.91. The van der Waals surface area contributed by atoms with E-state index in [4.69, 9.17) is 5.11 Å². The lowest BCUT2D eigenvalue weighted by atomic mass is 10.1. The first-order valence-corrected chi connectivity index (χ1v) is 7.09. The highest BCUT2D eigenvalue weighted by Gasteiger charge is 2.65. The van der Waals surface area contributed by atoms with E-state index in [9.17, 15) is 9.59 Å². The highest BCUT2D eigenvalue weighted by atomic mass is 16.4. The van der Waals surface area contributed by atoms with Crippen LogP contribution in [0.2, 0.25) is 0 Å². The minimum Gasteiger partial charge on any atom is -0.481 e. The quantitative estimate of drug-likeness (QED) is 0.695. The minimum absolute atomic E-state index is 0.120. The third-order valence-electron chi connectivity index (χ3n) is 4.09. The first kappa shape index (κ1) is 16.0. The summed E-state index contributed by atoms with van der Waals surface area (Å²) in [7, 11) is 0. The minimum atomic E-state index is -0.869. The standard InChI is InChI=1S/C14H26N2O3/c1-5-8-16(6-2)9-7-15-12(17)10-11(13(18)19)14(10,3)4/h10-11H,5-9H2,1-4H3,(H,15,17)(H,18,19)/t10-,11+/m1/s1. The van der Waals surface area contributed by atoms with E-state index in [-0.39, 0.29) is 11.8 Å². The number of amides is 1. The summed E-state index contributed by atoms with van der Waals surface area (Å²) < 4.78 is 0. The molecule has 2 atom stereocenters. The number of carboxylic acid groups (broad SMARTS) is 1. The molecule has 1 aliphatic rings. The van der Waals surface area contributed by atoms with Crippen LogP contribution < -0.4 is 5.32 Å². The predicted molar refractivity (Wildman–Crippen MR) is 73.8 cm³/mol. The molecule has 0 spiro atoms. The van der Waals surface area contributed by atoms with Gasteiger partial charge in [-0.15, -0.1) is 0 Å². The summed E-state index contributed by atoms with van der Waals surface area (Å²) in [5.41, 5.74) is -0.413. The number of hydrogen-bond acceptors (Lipinski definition) is 3. The van der Waals surface area contributed by atoms with Crippen molar-refractivity contribution < 1.29 is 14.7 Å². The Morgan fingerprint density at radius 3 is 2.26 bits per heavy atom. The van der Waals surface area contributed by atoms with Gasteiger partial charge >= 0.3 is 5.97 Å². The molecular weight excluding hydrogens is 244 g/mol. The Morgan fingerprint density at radius 1 is 1.21 bits per heavy atom. The summed E-state index contributed by atoms with van der Waals surface area (Å²) in [6, 6.07) is 0. The molecule has 0 radical (unpaired) electrons. The van der Waals surface area contributed by atoms with Crippen molar-refractivity contribution in [2.45, 2.75) is 34.1 Å². The first-order valence-electron chi connectivity index (χ1n) is 7.09. The van der Waals surface area contributed by atoms with E-state index in [0.29, 0.717) is 6.54 Å². The number of rotatable bonds is 8. The fourth-order valence-corrected chi connectivity index (χ4v) is 2.78. The van der Waals surface area contributed by atoms with Crippen molar-refractivity contribution in [1.29, 1.82) is 0 Å². The van der Waals surface area contributed by atoms with Gasteiger partial charge in [0.2, 0.25) is 5.91 Å². The number of aliphatic carboxylic acids is 1. The molecule has 0 aromatic carbocycles. The number of carbonyl (C=O) groups is 2. The second kappa shape index (κ2) is 6.37. The van der Waals surface area contributed by atoms with Gasteiger partial charge < -0.3 is 15.3 Å². The maximum atomic E-state index is 12.0. The molecule has 110 valence electrons. The molecule has 5 nitrogen and oxygen atoms in total. The molecule has 0 unspecified atom stereocenters. The van der Waals surface area contributed by atoms with Gasteiger partial charge in [0.05, 0.1) is 11.8 Å². The monoisotopic (exact) mass is 270 g/mol. The van der Waals surface area contributed by atoms with Crippen LogP contribution in [0.5, 0.6) is 0 Å². The van der Waals surface area contributed by atoms with Crippen LogP contribution >= 0.6 is 0 Å². The number of carbonyl (C=O) groups excluding carboxylic acids is 1. The van der Waals surface area contributed by atoms with E-state index in [1.54, 1.807) is 0 Å². The maximum Gasteiger partial charge on any atom is 0.307 e. The lowest BCUT2D eigenvalue weighted by Crippen LogP contribution is -2.36. The van der Waals surface area contributed by atoms with Crippen molar-refractivity contribution in [1.82, 2.24) is 10.2 Å². The van der Waals surface area contributed by atoms with Gasteiger partial charge in [-0.2, -0.15) is 0 Å². The molecule has 0 saturated heterocycles. The summed E-state index contributed by atoms with van der Waals surface area (Å²) in [4.78, 5) is 25.3. The van der Waals surface area contributed by atoms with E-state index < -0.39 is 17.3 Å². The molecule has 0 heterocycles. The Kier molecular flexibility index (Phi) is 5.35. The molecule has 0 bridgehead atoms. The zero-order valence-electron chi connectivity index (χ0n) is 12.4. The first-order chi connectivity index (χ1) is 8.86. The van der Waals surface area contributed by atoms with Gasteiger partial charge in [0, 0.05) is 13.1 Å². The van der Waals surface area contributed by atoms with Crippen molar-refractivity contribution >= 4 is 11.9 Å². The Morgan fingerprint density at radius 2 is 1.84 bits per heavy atom. The molecule has 0 aromatic rings. The third-order valence-corrected chi connectivity index (χ3v) is 4.09. The van der Waals surface area contributed by atoms with Gasteiger partial charge in [-0.3, -0.25) is 9.59 Å². The third kappa shape index (κ3) is 3.69. The molecule has 1 fully saturated rings. The second-order valence-corrected chi connectivity index (χ2v) is 5.84. The molecule has 0 aliphatic heterocycles. The SMILES string of the molecule is CCCN(CC)CCNC(=O)[C@H]1[C@@H](C(=O)O)C1(C)C. The Labute approximate surface area is 115 Å². The van der Waals surface area contributed by atoms with Gasteiger partial charge in [0.25, 0.3) is 0 Å². The topological polar surface area (TPSA) is 69.6 Å². The van der Waals surface area contributed by atoms with E-state index in [2.05, 4.69) is 24.1 Å². The van der Waals surface area contributed by atoms with Crippen LogP contribution in [0.3, 0.4) is 0 Å². The molecule has 2 N–H and O–H groups in total. The van der Waals surface area contributed by atoms with Gasteiger partial charge in [-0.25, -0.2) is 0 Å². The zero-order valence-corrected chi connectivity index (χ0v) is 12.4. The maximum absolute atomic E-state index is 12.0. The summed E-state index contributed by atoms with van der Waals surface area (Å²) in [6.07, 6.45) is 1.10. The number of likely N-dealkylation sites (N-methyl/N-ethyl adjacent to an activating group) is 1. The van der Waals surface area contributed by atoms with E-state index >= 15 is 0 Å². The van der Waals surface area contributed by atoms with Crippen molar-refractivity contribution in [3.63, 3.8) is 0 Å². The smallest absolute Gasteiger partial charge is 0.307 e. The molecule has 19 heavy (non-hydrogen) atoms. The van der Waals surface area contributed by atoms with Crippen molar-refractivity contribution in [2.24, 2.45) is 17.3 Å². The van der Waals surface area contributed by atoms with Crippen LogP contribution in [0.25, 0.3) is 0 Å². The Bertz CT molecular complexity index is 342. The highest BCUT2D eigenvalue weighted by Crippen LogP contribution is 2.58. The fraction of sp³-hybridized carbons (Fsp3) is 0.857. The second-order valence-electron chi connectivity index (χ2n) is 5.84. The lowest BCUT2D eigenvalue weighted by Gasteiger charge is -2.19. The number of nitrogens with one attached hydrogen (secondary N) is 1. The summed E-state index contributed by atoms with van der Waals surface area (Å²) in [5, 5.41) is 11.9. The van der Waals surface area contributed by atoms with Crippen LogP contribution in [0.15, 0.2) is 0 Å². The van der Waals surface area contributed by atoms with E-state index in [1.807, 2.05) is 13.8 Å². The Hall–Kier alpha value is -1.10. The summed E-state index contributed by atoms with van der Waals surface area (Å²) in [6.45, 7) is 11.3. The van der Waals surface area contributed by atoms with Gasteiger partial charge in [-0.05, 0) is 24.9 Å². The largest absolute Gasteiger partial charge is 0.481 e. The van der Waals surface area contributed by atoms with Crippen molar-refractivity contribution in [3.8, 4) is 0 Å². The molecule has 5 heteroatoms. The van der Waals surface area contributed by atoms with Crippen molar-refractivity contribution in [3.05, 3.63) is 0 Å². The number of hydrogen-bond donors (Lipinski definition) is 2. The molecule has 0 aromatic heterocycles. The fourth-order valence-electron chi connectivity index (χ4n) is 2.78. The molecule has 1 aliphatic carbocycles. The molecule has 1 amide bonds. The zero-order chi connectivity index (χ0) is 14.6. The van der Waals surface area contributed by atoms with Crippen LogP contribution in [-0.4, -0.2) is 48.1 Å². The highest BCUT2D eigenvalue weighted by molar-refractivity contribution is 5.91. The van der Waals surface area contributed by atoms with E-state index in [1.165, 1.54) is 0 Å². The van der Waals surface area contributed by atoms with Crippen LogP contribution in [0.1, 0.15) is 34.1 Å². The van der Waals surface area contributed by atoms with Gasteiger partial charge in [0.1, 0.15) is 0 Å². The normalized spacial score (nSPS) is 24.3. The van der Waals surface area contributed by atoms with E-state index in [0.717, 1.165) is 26.1 Å².